The number of aromatic hydroxyl groups is 1. The van der Waals surface area contributed by atoms with Gasteiger partial charge in [0.15, 0.2) is 28.3 Å². The number of fused-ring (bicyclic) bond motifs is 1. The fraction of sp³-hybridized carbons (Fsp3) is 0.345. The average molecular weight is 1450 g/mol. The first-order valence-corrected chi connectivity index (χ1v) is 27.4. The van der Waals surface area contributed by atoms with E-state index >= 15 is 0 Å². The Morgan fingerprint density at radius 3 is 1.36 bits per heavy atom. The molecule has 3 N–H and O–H groups in total. The molecule has 1 heterocycles. The minimum absolute atomic E-state index is 0. The standard InChI is InChI=1S/C18H17Cl2NO4.C12H14Cl2O3.C10H10Cl2O3.C6H11BrO2.C6H4Cl2O.C2H3N.CH2O3.2K.H/c1-18(2,25-14-6-4-12(19)8-13(14)20)17(22)21-9-11-3-5-15-16(7-11)24-10-23-15;1-4-16-11(15)12(2,3)17-10-6-5-8(13)7-9(10)14;1-10(2,9(13)14)15-8-4-3-6(11)5-7(8)12;1-4-9-5(8)6(2,3)7;7-4-1-2-6(9)5(8)3-4;1-2-3;2-1-4-3;;;/h3-8H,9-10H2,1-2H3,(H,21,22);5-7H,4H2,1-3H3;3-5H,1-2H3,(H,13,14);4H2,1-3H3;1-3,9H;1H3;1,3H;;;/q;;;;;;;2*+1;-1/p-1. The van der Waals surface area contributed by atoms with Crippen LogP contribution in [0.2, 0.25) is 40.2 Å². The van der Waals surface area contributed by atoms with Crippen LogP contribution in [-0.2, 0) is 44.9 Å². The Kier molecular flexibility index (Phi) is 44.5. The van der Waals surface area contributed by atoms with Crippen LogP contribution in [0.4, 0.5) is 0 Å². The van der Waals surface area contributed by atoms with Crippen LogP contribution in [0.1, 0.15) is 83.2 Å². The van der Waals surface area contributed by atoms with Crippen LogP contribution in [0.5, 0.6) is 34.5 Å². The zero-order valence-corrected chi connectivity index (χ0v) is 61.9. The van der Waals surface area contributed by atoms with Gasteiger partial charge in [-0.15, -0.1) is 0 Å². The number of aliphatic carboxylic acids is 1. The summed E-state index contributed by atoms with van der Waals surface area (Å²) >= 11 is 49.4. The van der Waals surface area contributed by atoms with Crippen molar-refractivity contribution < 1.29 is 182 Å². The Labute approximate surface area is 623 Å². The number of benzene rings is 5. The number of halogens is 9. The van der Waals surface area contributed by atoms with E-state index in [-0.39, 0.29) is 145 Å². The molecule has 0 aliphatic carbocycles. The van der Waals surface area contributed by atoms with Crippen LogP contribution >= 0.6 is 109 Å². The Morgan fingerprint density at radius 2 is 1.01 bits per heavy atom. The molecule has 0 spiro atoms. The number of nitrogens with zero attached hydrogens (tertiary/aromatic N) is 1. The van der Waals surface area contributed by atoms with Gasteiger partial charge in [0.2, 0.25) is 6.79 Å². The summed E-state index contributed by atoms with van der Waals surface area (Å²) in [4.78, 5) is 57.0. The maximum absolute atomic E-state index is 12.5. The molecule has 5 aromatic carbocycles. The third-order valence-electron chi connectivity index (χ3n) is 9.21. The summed E-state index contributed by atoms with van der Waals surface area (Å²) in [5, 5.41) is 39.6. The van der Waals surface area contributed by atoms with Gasteiger partial charge in [0, 0.05) is 33.6 Å². The van der Waals surface area contributed by atoms with Crippen LogP contribution in [0, 0.1) is 11.3 Å². The zero-order chi connectivity index (χ0) is 63.2. The second-order valence-electron chi connectivity index (χ2n) is 17.7. The SMILES string of the molecule is CC#N.CC(C)(Oc1ccc(Cl)cc1Cl)C(=O)NCc1ccc2c(c1)OCO2.CC(C)(Oc1ccc(Cl)cc1Cl)C(=O)O.CCOC(=O)C(C)(C)Br.CCOC(=O)C(C)(C)Oc1ccc(Cl)cc1Cl.O=CO[O-].Oc1ccc(Cl)cc1Cl.[H-].[K+].[K+]. The maximum Gasteiger partial charge on any atom is 1.00 e. The number of alkyl halides is 1. The second-order valence-corrected chi connectivity index (χ2v) is 23.0. The molecule has 5 aromatic rings. The number of ether oxygens (including phenoxy) is 7. The number of phenolic OH excluding ortho intramolecular Hbond substituents is 1. The maximum atomic E-state index is 12.5. The van der Waals surface area contributed by atoms with Gasteiger partial charge >= 0.3 is 121 Å². The van der Waals surface area contributed by atoms with Crippen molar-refractivity contribution in [2.75, 3.05) is 20.0 Å². The molecule has 0 saturated carbocycles. The summed E-state index contributed by atoms with van der Waals surface area (Å²) in [5.74, 6) is 0.546. The van der Waals surface area contributed by atoms with E-state index in [4.69, 9.17) is 151 Å². The fourth-order valence-electron chi connectivity index (χ4n) is 5.17. The second kappa shape index (κ2) is 43.4. The van der Waals surface area contributed by atoms with E-state index in [1.54, 1.807) is 110 Å². The third kappa shape index (κ3) is 34.5. The summed E-state index contributed by atoms with van der Waals surface area (Å²) in [6.07, 6.45) is 0. The van der Waals surface area contributed by atoms with Crippen molar-refractivity contribution in [2.45, 2.75) is 104 Å². The molecule has 1 aliphatic heterocycles. The molecule has 0 radical (unpaired) electrons. The fourth-order valence-corrected chi connectivity index (χ4v) is 7.03. The molecule has 84 heavy (non-hydrogen) atoms. The predicted octanol–water partition coefficient (Wildman–Crippen LogP) is 8.65. The molecule has 29 heteroatoms. The van der Waals surface area contributed by atoms with E-state index < -0.39 is 33.1 Å². The zero-order valence-electron chi connectivity index (χ0n) is 49.0. The van der Waals surface area contributed by atoms with Crippen LogP contribution in [0.25, 0.3) is 0 Å². The number of rotatable bonds is 15. The summed E-state index contributed by atoms with van der Waals surface area (Å²) in [5.41, 5.74) is -2.61. The third-order valence-corrected chi connectivity index (χ3v) is 11.7. The first-order chi connectivity index (χ1) is 38.0. The summed E-state index contributed by atoms with van der Waals surface area (Å²) in [6.45, 7) is 19.1. The van der Waals surface area contributed by atoms with Gasteiger partial charge in [-0.1, -0.05) is 115 Å². The van der Waals surface area contributed by atoms with Gasteiger partial charge < -0.3 is 60.3 Å². The molecular weight excluding hydrogens is 1390 g/mol. The molecule has 1 aliphatic rings. The minimum atomic E-state index is -1.32. The molecule has 18 nitrogen and oxygen atoms in total. The number of carbonyl (C=O) groups is 5. The van der Waals surface area contributed by atoms with Crippen molar-refractivity contribution >= 4 is 139 Å². The largest absolute Gasteiger partial charge is 1.00 e. The number of nitriles is 1. The van der Waals surface area contributed by atoms with E-state index in [0.717, 1.165) is 5.56 Å². The Balaban J connectivity index is -0.000000486. The van der Waals surface area contributed by atoms with Gasteiger partial charge in [0.1, 0.15) is 27.3 Å². The van der Waals surface area contributed by atoms with Crippen LogP contribution in [-0.4, -0.2) is 81.6 Å². The molecule has 0 bridgehead atoms. The smallest absolute Gasteiger partial charge is 1.00 e. The van der Waals surface area contributed by atoms with Crippen molar-refractivity contribution in [3.63, 3.8) is 0 Å². The van der Waals surface area contributed by atoms with E-state index in [9.17, 15) is 19.2 Å². The van der Waals surface area contributed by atoms with E-state index in [2.05, 4.69) is 26.1 Å². The number of esters is 2. The number of carbonyl (C=O) groups excluding carboxylic acids is 4. The Morgan fingerprint density at radius 1 is 0.643 bits per heavy atom. The molecule has 0 atom stereocenters. The number of carboxylic acids is 1. The first kappa shape index (κ1) is 86.0. The topological polar surface area (TPSA) is 259 Å². The quantitative estimate of drug-likeness (QED) is 0.0221. The van der Waals surface area contributed by atoms with E-state index in [0.29, 0.717) is 78.6 Å². The molecule has 6 rings (SSSR count). The predicted molar refractivity (Wildman–Crippen MR) is 320 cm³/mol. The van der Waals surface area contributed by atoms with Crippen molar-refractivity contribution in [3.8, 4) is 40.6 Å². The van der Waals surface area contributed by atoms with Gasteiger partial charge in [-0.25, -0.2) is 9.59 Å². The van der Waals surface area contributed by atoms with Gasteiger partial charge in [0.25, 0.3) is 12.4 Å². The Bertz CT molecular complexity index is 2940. The number of hydrogen-bond donors (Lipinski definition) is 3. The average Bonchev–Trinajstić information content (AvgIpc) is 3.86. The van der Waals surface area contributed by atoms with Crippen LogP contribution in [0.15, 0.2) is 91.0 Å². The molecular formula is C55H61BrCl8K2N2O16. The molecule has 0 fully saturated rings. The Hall–Kier alpha value is -2.23. The molecule has 1 amide bonds. The van der Waals surface area contributed by atoms with Gasteiger partial charge in [-0.3, -0.25) is 14.4 Å². The summed E-state index contributed by atoms with van der Waals surface area (Å²) in [7, 11) is 0. The number of phenols is 1. The van der Waals surface area contributed by atoms with Gasteiger partial charge in [-0.05, 0) is 160 Å². The van der Waals surface area contributed by atoms with Gasteiger partial charge in [0.05, 0.1) is 39.4 Å². The summed E-state index contributed by atoms with van der Waals surface area (Å²) in [6, 6.07) is 26.1. The first-order valence-electron chi connectivity index (χ1n) is 23.6. The van der Waals surface area contributed by atoms with Gasteiger partial charge in [-0.2, -0.15) is 5.26 Å². The van der Waals surface area contributed by atoms with Crippen LogP contribution < -0.4 is 137 Å². The van der Waals surface area contributed by atoms with E-state index in [1.165, 1.54) is 45.0 Å². The number of nitrogens with one attached hydrogen (secondary N) is 1. The summed E-state index contributed by atoms with van der Waals surface area (Å²) < 4.78 is 36.2. The normalized spacial score (nSPS) is 10.6. The molecule has 452 valence electrons. The van der Waals surface area contributed by atoms with Crippen molar-refractivity contribution in [1.29, 1.82) is 5.26 Å². The monoisotopic (exact) mass is 1440 g/mol. The number of amides is 1. The minimum Gasteiger partial charge on any atom is -1.00 e. The molecule has 0 unspecified atom stereocenters. The van der Waals surface area contributed by atoms with Crippen molar-refractivity contribution in [2.24, 2.45) is 0 Å². The van der Waals surface area contributed by atoms with Crippen molar-refractivity contribution in [1.82, 2.24) is 5.32 Å². The molecule has 0 aromatic heterocycles. The number of carboxylic acid groups (broad SMARTS) is 1. The van der Waals surface area contributed by atoms with Crippen molar-refractivity contribution in [3.05, 3.63) is 137 Å². The van der Waals surface area contributed by atoms with Crippen LogP contribution in [0.3, 0.4) is 0 Å². The molecule has 0 saturated heterocycles. The van der Waals surface area contributed by atoms with E-state index in [1.807, 2.05) is 18.2 Å². The number of hydrogen-bond acceptors (Lipinski definition) is 16.